The van der Waals surface area contributed by atoms with Crippen molar-refractivity contribution >= 4 is 5.78 Å². The molecule has 0 unspecified atom stereocenters. The summed E-state index contributed by atoms with van der Waals surface area (Å²) in [5.74, 6) is 0.654. The largest absolute Gasteiger partial charge is 0.308 e. The van der Waals surface area contributed by atoms with Gasteiger partial charge in [-0.05, 0) is 37.3 Å². The lowest BCUT2D eigenvalue weighted by atomic mass is 9.58. The molecular formula is C26H24N4O. The number of pyridine rings is 1. The van der Waals surface area contributed by atoms with E-state index in [2.05, 4.69) is 28.9 Å². The Kier molecular flexibility index (Phi) is 4.40. The summed E-state index contributed by atoms with van der Waals surface area (Å²) in [6.07, 6.45) is 5.49. The van der Waals surface area contributed by atoms with Crippen molar-refractivity contribution in [3.05, 3.63) is 88.7 Å². The number of carbonyl (C=O) groups excluding carboxylic acids is 1. The van der Waals surface area contributed by atoms with E-state index in [1.807, 2.05) is 61.1 Å². The van der Waals surface area contributed by atoms with Crippen LogP contribution >= 0.6 is 0 Å². The second-order valence-corrected chi connectivity index (χ2v) is 8.87. The molecule has 5 rings (SSSR count). The Morgan fingerprint density at radius 1 is 1.19 bits per heavy atom. The van der Waals surface area contributed by atoms with Crippen molar-refractivity contribution < 1.29 is 4.79 Å². The standard InChI is InChI=1S/C26H24N4O/c1-16-10-13-22(28-15-16)30-25-19(23(29-30)18-8-6-5-7-9-18)11-12-20-17(2)24(31)21(27-4)14-26(20,25)3/h5-10,13-15,17,20H,11-12H2,1-3H3/t17-,20-,26-/m1/s1. The van der Waals surface area contributed by atoms with Crippen LogP contribution in [-0.2, 0) is 16.6 Å². The maximum Gasteiger partial charge on any atom is 0.226 e. The van der Waals surface area contributed by atoms with E-state index in [-0.39, 0.29) is 23.3 Å². The summed E-state index contributed by atoms with van der Waals surface area (Å²) >= 11 is 0. The van der Waals surface area contributed by atoms with Gasteiger partial charge in [-0.15, -0.1) is 0 Å². The Bertz CT molecular complexity index is 1250. The molecule has 0 saturated carbocycles. The highest BCUT2D eigenvalue weighted by atomic mass is 16.1. The van der Waals surface area contributed by atoms with Crippen LogP contribution in [-0.4, -0.2) is 20.5 Å². The van der Waals surface area contributed by atoms with Crippen molar-refractivity contribution in [2.24, 2.45) is 11.8 Å². The molecule has 0 spiro atoms. The molecule has 0 saturated heterocycles. The molecule has 3 aromatic rings. The lowest BCUT2D eigenvalue weighted by Crippen LogP contribution is -2.46. The van der Waals surface area contributed by atoms with E-state index in [0.717, 1.165) is 41.2 Å². The van der Waals surface area contributed by atoms with Crippen LogP contribution in [0.1, 0.15) is 37.1 Å². The quantitative estimate of drug-likeness (QED) is 0.555. The van der Waals surface area contributed by atoms with Crippen LogP contribution in [0.25, 0.3) is 21.9 Å². The molecule has 0 N–H and O–H groups in total. The van der Waals surface area contributed by atoms with Crippen molar-refractivity contribution in [3.8, 4) is 17.1 Å². The number of aromatic nitrogens is 3. The third-order valence-corrected chi connectivity index (χ3v) is 6.96. The molecule has 1 aromatic carbocycles. The van der Waals surface area contributed by atoms with E-state index < -0.39 is 5.41 Å². The van der Waals surface area contributed by atoms with Crippen molar-refractivity contribution in [2.75, 3.05) is 0 Å². The molecule has 0 fully saturated rings. The first kappa shape index (κ1) is 19.4. The molecule has 0 aliphatic heterocycles. The fourth-order valence-electron chi connectivity index (χ4n) is 5.40. The third-order valence-electron chi connectivity index (χ3n) is 6.96. The number of aryl methyl sites for hydroxylation is 1. The molecule has 2 aliphatic rings. The molecule has 5 nitrogen and oxygen atoms in total. The maximum absolute atomic E-state index is 12.8. The first-order valence-electron chi connectivity index (χ1n) is 10.7. The lowest BCUT2D eigenvalue weighted by molar-refractivity contribution is -0.121. The number of nitrogens with zero attached hydrogens (tertiary/aromatic N) is 4. The number of allylic oxidation sites excluding steroid dienone is 2. The number of hydrogen-bond donors (Lipinski definition) is 0. The summed E-state index contributed by atoms with van der Waals surface area (Å²) in [6, 6.07) is 14.2. The van der Waals surface area contributed by atoms with Gasteiger partial charge in [0.1, 0.15) is 0 Å². The monoisotopic (exact) mass is 408 g/mol. The molecule has 2 heterocycles. The number of fused-ring (bicyclic) bond motifs is 3. The minimum Gasteiger partial charge on any atom is -0.308 e. The highest BCUT2D eigenvalue weighted by Crippen LogP contribution is 2.52. The molecule has 0 radical (unpaired) electrons. The molecular weight excluding hydrogens is 384 g/mol. The van der Waals surface area contributed by atoms with Crippen molar-refractivity contribution in [1.29, 1.82) is 0 Å². The van der Waals surface area contributed by atoms with Gasteiger partial charge in [0.2, 0.25) is 5.70 Å². The minimum atomic E-state index is -0.465. The van der Waals surface area contributed by atoms with E-state index >= 15 is 0 Å². The first-order chi connectivity index (χ1) is 14.9. The van der Waals surface area contributed by atoms with Crippen LogP contribution in [0.2, 0.25) is 0 Å². The van der Waals surface area contributed by atoms with Gasteiger partial charge in [-0.25, -0.2) is 14.5 Å². The van der Waals surface area contributed by atoms with Crippen LogP contribution in [0.15, 0.2) is 60.4 Å². The van der Waals surface area contributed by atoms with Crippen molar-refractivity contribution in [1.82, 2.24) is 14.8 Å². The molecule has 2 aromatic heterocycles. The SMILES string of the molecule is [C-]#[N+]C1=C[C@@]2(C)c3c(c(-c4ccccc4)nn3-c3ccc(C)cn3)CC[C@@H]2[C@@H](C)C1=O. The molecule has 3 atom stereocenters. The zero-order chi connectivity index (χ0) is 21.8. The number of hydrogen-bond acceptors (Lipinski definition) is 3. The number of carbonyl (C=O) groups is 1. The van der Waals surface area contributed by atoms with Gasteiger partial charge in [0.15, 0.2) is 11.6 Å². The predicted octanol–water partition coefficient (Wildman–Crippen LogP) is 5.08. The van der Waals surface area contributed by atoms with Gasteiger partial charge in [-0.3, -0.25) is 0 Å². The fraction of sp³-hybridized carbons (Fsp3) is 0.308. The molecule has 0 amide bonds. The van der Waals surface area contributed by atoms with E-state index in [1.165, 1.54) is 5.56 Å². The number of Topliss-reactive ketones (excluding diaryl/α,β-unsaturated/α-hetero) is 1. The van der Waals surface area contributed by atoms with Gasteiger partial charge in [0, 0.05) is 28.7 Å². The Morgan fingerprint density at radius 2 is 1.97 bits per heavy atom. The topological polar surface area (TPSA) is 52.1 Å². The molecule has 154 valence electrons. The highest BCUT2D eigenvalue weighted by molar-refractivity contribution is 6.00. The van der Waals surface area contributed by atoms with Gasteiger partial charge >= 0.3 is 0 Å². The average Bonchev–Trinajstić information content (AvgIpc) is 3.18. The van der Waals surface area contributed by atoms with Crippen molar-refractivity contribution in [2.45, 2.75) is 39.0 Å². The van der Waals surface area contributed by atoms with Gasteiger partial charge in [0.05, 0.1) is 18.0 Å². The van der Waals surface area contributed by atoms with Crippen LogP contribution < -0.4 is 0 Å². The summed E-state index contributed by atoms with van der Waals surface area (Å²) in [4.78, 5) is 21.0. The second-order valence-electron chi connectivity index (χ2n) is 8.87. The summed E-state index contributed by atoms with van der Waals surface area (Å²) in [6.45, 7) is 13.7. The zero-order valence-electron chi connectivity index (χ0n) is 18.0. The van der Waals surface area contributed by atoms with Crippen LogP contribution in [0.3, 0.4) is 0 Å². The van der Waals surface area contributed by atoms with Gasteiger partial charge in [-0.1, -0.05) is 56.3 Å². The average molecular weight is 409 g/mol. The van der Waals surface area contributed by atoms with Gasteiger partial charge < -0.3 is 4.79 Å². The van der Waals surface area contributed by atoms with Crippen LogP contribution in [0.5, 0.6) is 0 Å². The summed E-state index contributed by atoms with van der Waals surface area (Å²) in [5, 5.41) is 5.06. The Labute approximate surface area is 182 Å². The normalized spacial score (nSPS) is 24.7. The smallest absolute Gasteiger partial charge is 0.226 e. The molecule has 5 heteroatoms. The predicted molar refractivity (Wildman–Crippen MR) is 120 cm³/mol. The van der Waals surface area contributed by atoms with E-state index in [1.54, 1.807) is 0 Å². The fourth-order valence-corrected chi connectivity index (χ4v) is 5.40. The van der Waals surface area contributed by atoms with Crippen molar-refractivity contribution in [3.63, 3.8) is 0 Å². The number of rotatable bonds is 2. The summed E-state index contributed by atoms with van der Waals surface area (Å²) in [5.41, 5.74) is 5.14. The molecule has 0 bridgehead atoms. The Morgan fingerprint density at radius 3 is 2.65 bits per heavy atom. The highest BCUT2D eigenvalue weighted by Gasteiger charge is 2.50. The lowest BCUT2D eigenvalue weighted by Gasteiger charge is -2.45. The van der Waals surface area contributed by atoms with E-state index in [4.69, 9.17) is 11.7 Å². The molecule has 31 heavy (non-hydrogen) atoms. The number of ketones is 1. The minimum absolute atomic E-state index is 0.0382. The maximum atomic E-state index is 12.8. The van der Waals surface area contributed by atoms with Gasteiger partial charge in [0.25, 0.3) is 0 Å². The van der Waals surface area contributed by atoms with Gasteiger partial charge in [-0.2, -0.15) is 5.10 Å². The van der Waals surface area contributed by atoms with Crippen LogP contribution in [0.4, 0.5) is 0 Å². The van der Waals surface area contributed by atoms with Crippen LogP contribution in [0, 0.1) is 25.3 Å². The summed E-state index contributed by atoms with van der Waals surface area (Å²) in [7, 11) is 0. The third kappa shape index (κ3) is 2.86. The molecule has 2 aliphatic carbocycles. The Balaban J connectivity index is 1.82. The zero-order valence-corrected chi connectivity index (χ0v) is 18.0. The second kappa shape index (κ2) is 7.02. The Hall–Kier alpha value is -3.52. The first-order valence-corrected chi connectivity index (χ1v) is 10.7. The summed E-state index contributed by atoms with van der Waals surface area (Å²) < 4.78 is 1.95. The van der Waals surface area contributed by atoms with E-state index in [0.29, 0.717) is 0 Å². The number of benzene rings is 1. The van der Waals surface area contributed by atoms with E-state index in [9.17, 15) is 4.79 Å².